The van der Waals surface area contributed by atoms with E-state index in [2.05, 4.69) is 26.9 Å². The summed E-state index contributed by atoms with van der Waals surface area (Å²) in [7, 11) is 0. The smallest absolute Gasteiger partial charge is 0.149 e. The van der Waals surface area contributed by atoms with Gasteiger partial charge < -0.3 is 10.7 Å². The standard InChI is InChI=1S/C12H11N5S.C8H9Cl/c13-5-9-6-15-11(17-9)10-7-16-12(18-10)8-1-3-14-4-2-8;1-2-7-3-5-8(9)6-4-7/h1-4,6-7H,5,13H2,(H,15,17);3-6H,2H2,1H3. The van der Waals surface area contributed by atoms with Crippen molar-refractivity contribution in [1.82, 2.24) is 19.9 Å². The third-order valence-electron chi connectivity index (χ3n) is 3.84. The molecular weight excluding hydrogens is 378 g/mol. The number of aromatic nitrogens is 4. The SMILES string of the molecule is CCc1ccc(Cl)cc1.NCc1cnc(-c2cnc(-c3ccncc3)s2)[nH]1. The normalized spacial score (nSPS) is 10.3. The number of halogens is 1. The lowest BCUT2D eigenvalue weighted by molar-refractivity contribution is 1.01. The first kappa shape index (κ1) is 19.2. The van der Waals surface area contributed by atoms with Crippen molar-refractivity contribution in [2.75, 3.05) is 0 Å². The minimum absolute atomic E-state index is 0.461. The van der Waals surface area contributed by atoms with Crippen LogP contribution in [0.15, 0.2) is 61.2 Å². The van der Waals surface area contributed by atoms with Crippen LogP contribution in [0.5, 0.6) is 0 Å². The number of nitrogens with two attached hydrogens (primary N) is 1. The van der Waals surface area contributed by atoms with Crippen molar-refractivity contribution in [2.45, 2.75) is 19.9 Å². The summed E-state index contributed by atoms with van der Waals surface area (Å²) < 4.78 is 0. The molecule has 0 aliphatic rings. The number of aryl methyl sites for hydroxylation is 1. The van der Waals surface area contributed by atoms with Gasteiger partial charge in [-0.3, -0.25) is 4.98 Å². The third-order valence-corrected chi connectivity index (χ3v) is 5.14. The summed E-state index contributed by atoms with van der Waals surface area (Å²) in [5.41, 5.74) is 8.86. The van der Waals surface area contributed by atoms with Crippen molar-refractivity contribution in [3.05, 3.63) is 77.5 Å². The lowest BCUT2D eigenvalue weighted by Gasteiger charge is -1.93. The molecule has 1 aromatic carbocycles. The molecule has 138 valence electrons. The molecule has 0 bridgehead atoms. The Kier molecular flexibility index (Phi) is 6.70. The summed E-state index contributed by atoms with van der Waals surface area (Å²) in [6, 6.07) is 11.8. The maximum atomic E-state index is 5.67. The summed E-state index contributed by atoms with van der Waals surface area (Å²) in [5.74, 6) is 0.813. The minimum atomic E-state index is 0.461. The van der Waals surface area contributed by atoms with E-state index in [0.29, 0.717) is 6.54 Å². The van der Waals surface area contributed by atoms with E-state index in [4.69, 9.17) is 17.3 Å². The number of benzene rings is 1. The summed E-state index contributed by atoms with van der Waals surface area (Å²) in [6.07, 6.45) is 8.17. The second kappa shape index (κ2) is 9.41. The van der Waals surface area contributed by atoms with Crippen LogP contribution in [0.25, 0.3) is 21.3 Å². The van der Waals surface area contributed by atoms with Gasteiger partial charge in [-0.1, -0.05) is 30.7 Å². The Balaban J connectivity index is 0.000000197. The van der Waals surface area contributed by atoms with Gasteiger partial charge in [0.2, 0.25) is 0 Å². The molecule has 0 saturated carbocycles. The number of nitrogens with one attached hydrogen (secondary N) is 1. The molecule has 4 aromatic rings. The van der Waals surface area contributed by atoms with Crippen LogP contribution < -0.4 is 5.73 Å². The molecule has 0 aliphatic heterocycles. The topological polar surface area (TPSA) is 80.5 Å². The number of nitrogens with zero attached hydrogens (tertiary/aromatic N) is 3. The Labute approximate surface area is 167 Å². The zero-order valence-electron chi connectivity index (χ0n) is 14.9. The number of pyridine rings is 1. The molecule has 7 heteroatoms. The third kappa shape index (κ3) is 5.23. The fourth-order valence-corrected chi connectivity index (χ4v) is 3.32. The lowest BCUT2D eigenvalue weighted by Crippen LogP contribution is -1.95. The van der Waals surface area contributed by atoms with Crippen molar-refractivity contribution >= 4 is 22.9 Å². The second-order valence-corrected chi connectivity index (χ2v) is 7.17. The van der Waals surface area contributed by atoms with Crippen LogP contribution in [0, 0.1) is 0 Å². The van der Waals surface area contributed by atoms with E-state index in [1.165, 1.54) is 5.56 Å². The predicted molar refractivity (Wildman–Crippen MR) is 112 cm³/mol. The first-order chi connectivity index (χ1) is 13.2. The Bertz CT molecular complexity index is 963. The monoisotopic (exact) mass is 397 g/mol. The maximum Gasteiger partial charge on any atom is 0.149 e. The fraction of sp³-hybridized carbons (Fsp3) is 0.150. The van der Waals surface area contributed by atoms with E-state index >= 15 is 0 Å². The highest BCUT2D eigenvalue weighted by molar-refractivity contribution is 7.18. The molecule has 27 heavy (non-hydrogen) atoms. The number of H-pyrrole nitrogens is 1. The van der Waals surface area contributed by atoms with Crippen LogP contribution in [0.4, 0.5) is 0 Å². The highest BCUT2D eigenvalue weighted by atomic mass is 35.5. The molecule has 0 amide bonds. The fourth-order valence-electron chi connectivity index (χ4n) is 2.32. The molecule has 4 rings (SSSR count). The van der Waals surface area contributed by atoms with Gasteiger partial charge >= 0.3 is 0 Å². The molecule has 5 nitrogen and oxygen atoms in total. The Morgan fingerprint density at radius 3 is 2.41 bits per heavy atom. The van der Waals surface area contributed by atoms with Crippen LogP contribution in [-0.2, 0) is 13.0 Å². The summed E-state index contributed by atoms with van der Waals surface area (Å²) in [6.45, 7) is 2.59. The Morgan fingerprint density at radius 2 is 1.78 bits per heavy atom. The largest absolute Gasteiger partial charge is 0.340 e. The molecule has 3 aromatic heterocycles. The Morgan fingerprint density at radius 1 is 1.04 bits per heavy atom. The van der Waals surface area contributed by atoms with Gasteiger partial charge in [0.1, 0.15) is 10.8 Å². The van der Waals surface area contributed by atoms with Crippen molar-refractivity contribution in [2.24, 2.45) is 5.73 Å². The zero-order chi connectivity index (χ0) is 19.1. The molecule has 0 unspecified atom stereocenters. The van der Waals surface area contributed by atoms with Gasteiger partial charge in [0.25, 0.3) is 0 Å². The van der Waals surface area contributed by atoms with Gasteiger partial charge in [-0.15, -0.1) is 11.3 Å². The molecular formula is C20H20ClN5S. The van der Waals surface area contributed by atoms with Crippen LogP contribution in [0.1, 0.15) is 18.2 Å². The molecule has 3 N–H and O–H groups in total. The van der Waals surface area contributed by atoms with E-state index in [0.717, 1.165) is 38.4 Å². The summed E-state index contributed by atoms with van der Waals surface area (Å²) in [5, 5.41) is 1.77. The van der Waals surface area contributed by atoms with Gasteiger partial charge in [-0.05, 0) is 36.2 Å². The van der Waals surface area contributed by atoms with Crippen molar-refractivity contribution in [3.8, 4) is 21.3 Å². The number of hydrogen-bond acceptors (Lipinski definition) is 5. The average molecular weight is 398 g/mol. The van der Waals surface area contributed by atoms with E-state index in [1.807, 2.05) is 42.6 Å². The molecule has 0 radical (unpaired) electrons. The molecule has 0 saturated heterocycles. The van der Waals surface area contributed by atoms with Gasteiger partial charge in [0, 0.05) is 47.6 Å². The van der Waals surface area contributed by atoms with Crippen LogP contribution in [0.2, 0.25) is 5.02 Å². The van der Waals surface area contributed by atoms with Crippen molar-refractivity contribution < 1.29 is 0 Å². The van der Waals surface area contributed by atoms with Crippen LogP contribution in [-0.4, -0.2) is 19.9 Å². The van der Waals surface area contributed by atoms with Crippen molar-refractivity contribution in [3.63, 3.8) is 0 Å². The second-order valence-electron chi connectivity index (χ2n) is 5.71. The summed E-state index contributed by atoms with van der Waals surface area (Å²) >= 11 is 7.26. The van der Waals surface area contributed by atoms with Gasteiger partial charge in [-0.25, -0.2) is 9.97 Å². The maximum absolute atomic E-state index is 5.67. The lowest BCUT2D eigenvalue weighted by atomic mass is 10.2. The molecule has 0 spiro atoms. The predicted octanol–water partition coefficient (Wildman–Crippen LogP) is 4.96. The number of imidazole rings is 1. The zero-order valence-corrected chi connectivity index (χ0v) is 16.5. The van der Waals surface area contributed by atoms with E-state index in [9.17, 15) is 0 Å². The quantitative estimate of drug-likeness (QED) is 0.510. The Hall–Kier alpha value is -2.54. The molecule has 0 atom stereocenters. The van der Waals surface area contributed by atoms with Gasteiger partial charge in [0.05, 0.1) is 4.88 Å². The first-order valence-corrected chi connectivity index (χ1v) is 9.74. The highest BCUT2D eigenvalue weighted by Gasteiger charge is 2.09. The number of aromatic amines is 1. The number of hydrogen-bond donors (Lipinski definition) is 2. The van der Waals surface area contributed by atoms with Gasteiger partial charge in [-0.2, -0.15) is 0 Å². The van der Waals surface area contributed by atoms with E-state index < -0.39 is 0 Å². The van der Waals surface area contributed by atoms with E-state index in [-0.39, 0.29) is 0 Å². The number of thiazole rings is 1. The van der Waals surface area contributed by atoms with Gasteiger partial charge in [0.15, 0.2) is 0 Å². The average Bonchev–Trinajstić information content (AvgIpc) is 3.39. The molecule has 3 heterocycles. The summed E-state index contributed by atoms with van der Waals surface area (Å²) in [4.78, 5) is 16.8. The first-order valence-electron chi connectivity index (χ1n) is 8.54. The van der Waals surface area contributed by atoms with E-state index in [1.54, 1.807) is 29.9 Å². The van der Waals surface area contributed by atoms with Crippen molar-refractivity contribution in [1.29, 1.82) is 0 Å². The number of rotatable bonds is 4. The van der Waals surface area contributed by atoms with Crippen LogP contribution >= 0.6 is 22.9 Å². The molecule has 0 fully saturated rings. The minimum Gasteiger partial charge on any atom is -0.340 e. The van der Waals surface area contributed by atoms with Crippen LogP contribution in [0.3, 0.4) is 0 Å². The molecule has 0 aliphatic carbocycles. The highest BCUT2D eigenvalue weighted by Crippen LogP contribution is 2.30.